The first-order chi connectivity index (χ1) is 30.0. The molecule has 3 heterocycles. The van der Waals surface area contributed by atoms with Gasteiger partial charge in [0.15, 0.2) is 0 Å². The Balaban J connectivity index is 0.971. The van der Waals surface area contributed by atoms with E-state index in [4.69, 9.17) is 9.97 Å². The first kappa shape index (κ1) is 35.2. The van der Waals surface area contributed by atoms with Gasteiger partial charge < -0.3 is 4.90 Å². The Bertz CT molecular complexity index is 3220. The summed E-state index contributed by atoms with van der Waals surface area (Å²) < 4.78 is 2.36. The van der Waals surface area contributed by atoms with Crippen LogP contribution < -0.4 is 4.90 Å². The summed E-state index contributed by atoms with van der Waals surface area (Å²) in [6, 6.07) is 72.3. The molecule has 2 aromatic heterocycles. The van der Waals surface area contributed by atoms with Crippen LogP contribution in [0.1, 0.15) is 25.0 Å². The number of fused-ring (bicyclic) bond motifs is 8. The van der Waals surface area contributed by atoms with Gasteiger partial charge in [0.2, 0.25) is 0 Å². The molecule has 10 aromatic rings. The smallest absolute Gasteiger partial charge is 0.145 e. The first-order valence-corrected chi connectivity index (χ1v) is 21.0. The lowest BCUT2D eigenvalue weighted by molar-refractivity contribution is 0.660. The third-order valence-corrected chi connectivity index (χ3v) is 12.8. The fourth-order valence-corrected chi connectivity index (χ4v) is 9.80. The van der Waals surface area contributed by atoms with Crippen molar-refractivity contribution in [2.75, 3.05) is 4.90 Å². The largest absolute Gasteiger partial charge is 0.310 e. The van der Waals surface area contributed by atoms with Gasteiger partial charge in [0.25, 0.3) is 0 Å². The van der Waals surface area contributed by atoms with Crippen molar-refractivity contribution in [3.63, 3.8) is 0 Å². The zero-order valence-corrected chi connectivity index (χ0v) is 33.9. The highest BCUT2D eigenvalue weighted by atomic mass is 15.1. The van der Waals surface area contributed by atoms with Crippen molar-refractivity contribution in [3.8, 4) is 72.8 Å². The van der Waals surface area contributed by atoms with Gasteiger partial charge in [0, 0.05) is 50.9 Å². The van der Waals surface area contributed by atoms with Gasteiger partial charge in [-0.05, 0) is 105 Å². The topological polar surface area (TPSA) is 34.0 Å². The van der Waals surface area contributed by atoms with Crippen molar-refractivity contribution in [1.29, 1.82) is 0 Å². The quantitative estimate of drug-likeness (QED) is 0.169. The van der Waals surface area contributed by atoms with Crippen LogP contribution in [0.3, 0.4) is 0 Å². The number of aromatic nitrogens is 3. The van der Waals surface area contributed by atoms with E-state index in [0.717, 1.165) is 67.6 Å². The summed E-state index contributed by atoms with van der Waals surface area (Å²) in [6.45, 7) is 4.73. The minimum atomic E-state index is -0.273. The van der Waals surface area contributed by atoms with E-state index in [2.05, 4.69) is 217 Å². The predicted octanol–water partition coefficient (Wildman–Crippen LogP) is 14.8. The van der Waals surface area contributed by atoms with Gasteiger partial charge in [-0.25, -0.2) is 4.98 Å². The molecule has 1 aliphatic carbocycles. The highest BCUT2D eigenvalue weighted by molar-refractivity contribution is 6.03. The van der Waals surface area contributed by atoms with E-state index in [9.17, 15) is 0 Å². The molecular formula is C57H40N4. The number of anilines is 3. The third kappa shape index (κ3) is 5.53. The molecule has 61 heavy (non-hydrogen) atoms. The number of pyridine rings is 1. The van der Waals surface area contributed by atoms with E-state index in [1.54, 1.807) is 0 Å². The van der Waals surface area contributed by atoms with Crippen molar-refractivity contribution in [2.45, 2.75) is 19.3 Å². The maximum Gasteiger partial charge on any atom is 0.145 e. The maximum absolute atomic E-state index is 5.38. The summed E-state index contributed by atoms with van der Waals surface area (Å²) in [4.78, 5) is 12.7. The summed E-state index contributed by atoms with van der Waals surface area (Å²) in [7, 11) is 0. The van der Waals surface area contributed by atoms with Gasteiger partial charge in [-0.3, -0.25) is 9.55 Å². The van der Waals surface area contributed by atoms with Crippen molar-refractivity contribution >= 4 is 28.1 Å². The second kappa shape index (κ2) is 13.6. The van der Waals surface area contributed by atoms with Crippen molar-refractivity contribution in [2.24, 2.45) is 0 Å². The number of rotatable bonds is 6. The second-order valence-corrected chi connectivity index (χ2v) is 16.6. The van der Waals surface area contributed by atoms with Gasteiger partial charge in [-0.1, -0.05) is 153 Å². The van der Waals surface area contributed by atoms with E-state index in [1.165, 1.54) is 44.5 Å². The first-order valence-electron chi connectivity index (χ1n) is 21.0. The molecule has 288 valence electrons. The average molecular weight is 781 g/mol. The van der Waals surface area contributed by atoms with E-state index in [0.29, 0.717) is 0 Å². The summed E-state index contributed by atoms with van der Waals surface area (Å²) >= 11 is 0. The fourth-order valence-electron chi connectivity index (χ4n) is 9.80. The van der Waals surface area contributed by atoms with Crippen molar-refractivity contribution < 1.29 is 0 Å². The van der Waals surface area contributed by atoms with Gasteiger partial charge in [-0.15, -0.1) is 0 Å². The monoisotopic (exact) mass is 780 g/mol. The van der Waals surface area contributed by atoms with Gasteiger partial charge in [0.1, 0.15) is 5.82 Å². The summed E-state index contributed by atoms with van der Waals surface area (Å²) in [5.74, 6) is 0.932. The molecule has 1 aliphatic heterocycles. The van der Waals surface area contributed by atoms with Gasteiger partial charge in [-0.2, -0.15) is 0 Å². The second-order valence-electron chi connectivity index (χ2n) is 16.6. The van der Waals surface area contributed by atoms with Crippen molar-refractivity contribution in [3.05, 3.63) is 218 Å². The molecule has 0 saturated carbocycles. The minimum Gasteiger partial charge on any atom is -0.310 e. The van der Waals surface area contributed by atoms with Crippen LogP contribution in [0.4, 0.5) is 17.1 Å². The minimum absolute atomic E-state index is 0.273. The van der Waals surface area contributed by atoms with Crippen LogP contribution in [0.5, 0.6) is 0 Å². The van der Waals surface area contributed by atoms with Crippen LogP contribution in [0.2, 0.25) is 0 Å². The molecule has 12 rings (SSSR count). The number of para-hydroxylation sites is 2. The molecule has 0 radical (unpaired) electrons. The Kier molecular flexibility index (Phi) is 7.85. The molecule has 4 heteroatoms. The molecule has 0 atom stereocenters. The molecule has 0 saturated heterocycles. The van der Waals surface area contributed by atoms with E-state index in [1.807, 2.05) is 12.3 Å². The molecule has 0 fully saturated rings. The van der Waals surface area contributed by atoms with Crippen LogP contribution in [0.15, 0.2) is 206 Å². The Morgan fingerprint density at radius 2 is 0.967 bits per heavy atom. The number of hydrogen-bond acceptors (Lipinski definition) is 3. The summed E-state index contributed by atoms with van der Waals surface area (Å²) in [5.41, 5.74) is 21.7. The standard InChI is InChI=1S/C57H40N4/c1-57(2)50-35-41(56-59-52-20-11-18-48-47-19-12-34-58-54(47)49-17-9-10-21-53(49)61(56)55(48)52)26-32-45(50)46-33-31-44(36-51(46)57)60(42-27-22-39(23-28-42)37-13-5-3-6-14-37)43-29-24-40(25-30-43)38-15-7-4-8-16-38/h3-36H,1-2H3. The lowest BCUT2D eigenvalue weighted by Gasteiger charge is -2.28. The average Bonchev–Trinajstić information content (AvgIpc) is 3.77. The van der Waals surface area contributed by atoms with E-state index < -0.39 is 0 Å². The Morgan fingerprint density at radius 1 is 0.426 bits per heavy atom. The lowest BCUT2D eigenvalue weighted by atomic mass is 9.81. The van der Waals surface area contributed by atoms with Crippen LogP contribution in [-0.2, 0) is 5.41 Å². The Morgan fingerprint density at radius 3 is 1.66 bits per heavy atom. The number of benzene rings is 8. The molecule has 0 amide bonds. The zero-order valence-electron chi connectivity index (χ0n) is 33.9. The van der Waals surface area contributed by atoms with Gasteiger partial charge in [0.05, 0.1) is 22.4 Å². The number of hydrogen-bond donors (Lipinski definition) is 0. The van der Waals surface area contributed by atoms with Gasteiger partial charge >= 0.3 is 0 Å². The van der Waals surface area contributed by atoms with Crippen LogP contribution >= 0.6 is 0 Å². The maximum atomic E-state index is 5.38. The predicted molar refractivity (Wildman–Crippen MR) is 252 cm³/mol. The van der Waals surface area contributed by atoms with E-state index in [-0.39, 0.29) is 5.41 Å². The lowest BCUT2D eigenvalue weighted by Crippen LogP contribution is -2.17. The van der Waals surface area contributed by atoms with E-state index >= 15 is 0 Å². The van der Waals surface area contributed by atoms with Crippen molar-refractivity contribution in [1.82, 2.24) is 14.5 Å². The normalized spacial score (nSPS) is 12.9. The fraction of sp³-hybridized carbons (Fsp3) is 0.0526. The molecule has 0 spiro atoms. The highest BCUT2D eigenvalue weighted by Gasteiger charge is 2.37. The molecule has 0 unspecified atom stereocenters. The van der Waals surface area contributed by atoms with Crippen LogP contribution in [0.25, 0.3) is 83.9 Å². The molecule has 0 N–H and O–H groups in total. The highest BCUT2D eigenvalue weighted by Crippen LogP contribution is 2.52. The molecular weight excluding hydrogens is 741 g/mol. The zero-order chi connectivity index (χ0) is 40.7. The number of imidazole rings is 1. The third-order valence-electron chi connectivity index (χ3n) is 12.8. The molecule has 8 aromatic carbocycles. The van der Waals surface area contributed by atoms with Crippen LogP contribution in [0, 0.1) is 0 Å². The Hall–Kier alpha value is -7.82. The molecule has 2 aliphatic rings. The van der Waals surface area contributed by atoms with Crippen LogP contribution in [-0.4, -0.2) is 14.5 Å². The molecule has 4 nitrogen and oxygen atoms in total. The number of nitrogens with zero attached hydrogens (tertiary/aromatic N) is 4. The summed E-state index contributed by atoms with van der Waals surface area (Å²) in [6.07, 6.45) is 1.89. The molecule has 0 bridgehead atoms. The Labute approximate surface area is 355 Å². The summed E-state index contributed by atoms with van der Waals surface area (Å²) in [5, 5.41) is 0. The SMILES string of the molecule is CC1(C)c2cc(-c3nc4cccc5c4n3-c3ccccc3-c3ncccc3-5)ccc2-c2ccc(N(c3ccc(-c4ccccc4)cc3)c3ccc(-c4ccccc4)cc3)cc21.